The lowest BCUT2D eigenvalue weighted by Crippen LogP contribution is -2.58. The average molecular weight is 509 g/mol. The van der Waals surface area contributed by atoms with Gasteiger partial charge in [0, 0.05) is 37.3 Å². The number of hydrogen-bond donors (Lipinski definition) is 0. The summed E-state index contributed by atoms with van der Waals surface area (Å²) in [7, 11) is 0. The fourth-order valence-corrected chi connectivity index (χ4v) is 4.66. The SMILES string of the molecule is C=C/C=C\C=C(/C=C)CCN1CCC2C(CC(CC)C(=O)N2C(/C=C\C=C)=C/C=C)C1.CC.CC.CC. The number of carbonyl (C=O) groups excluding carboxylic acids is 1. The van der Waals surface area contributed by atoms with Gasteiger partial charge in [0.2, 0.25) is 5.91 Å². The molecule has 0 aromatic heterocycles. The van der Waals surface area contributed by atoms with Crippen molar-refractivity contribution in [1.29, 1.82) is 0 Å². The fourth-order valence-electron chi connectivity index (χ4n) is 4.66. The highest BCUT2D eigenvalue weighted by Gasteiger charge is 2.44. The van der Waals surface area contributed by atoms with E-state index in [1.807, 2.05) is 78.0 Å². The van der Waals surface area contributed by atoms with Crippen LogP contribution in [0.5, 0.6) is 0 Å². The van der Waals surface area contributed by atoms with Gasteiger partial charge < -0.3 is 9.80 Å². The molecule has 0 saturated carbocycles. The summed E-state index contributed by atoms with van der Waals surface area (Å²) in [5, 5.41) is 0. The lowest BCUT2D eigenvalue weighted by Gasteiger charge is -2.49. The van der Waals surface area contributed by atoms with E-state index >= 15 is 0 Å². The van der Waals surface area contributed by atoms with Gasteiger partial charge in [-0.25, -0.2) is 0 Å². The highest BCUT2D eigenvalue weighted by Crippen LogP contribution is 2.38. The van der Waals surface area contributed by atoms with E-state index in [0.717, 1.165) is 51.0 Å². The smallest absolute Gasteiger partial charge is 0.230 e. The second-order valence-corrected chi connectivity index (χ2v) is 8.20. The van der Waals surface area contributed by atoms with Gasteiger partial charge >= 0.3 is 0 Å². The third-order valence-electron chi connectivity index (χ3n) is 6.28. The van der Waals surface area contributed by atoms with Crippen molar-refractivity contribution in [2.45, 2.75) is 80.2 Å². The Labute approximate surface area is 230 Å². The summed E-state index contributed by atoms with van der Waals surface area (Å²) in [4.78, 5) is 17.9. The van der Waals surface area contributed by atoms with Gasteiger partial charge in [0.15, 0.2) is 0 Å². The molecular weight excluding hydrogens is 452 g/mol. The van der Waals surface area contributed by atoms with Crippen LogP contribution in [-0.2, 0) is 4.79 Å². The van der Waals surface area contributed by atoms with Crippen molar-refractivity contribution in [3.63, 3.8) is 0 Å². The monoisotopic (exact) mass is 508 g/mol. The first-order valence-corrected chi connectivity index (χ1v) is 14.4. The first-order chi connectivity index (χ1) is 18.1. The lowest BCUT2D eigenvalue weighted by molar-refractivity contribution is -0.144. The van der Waals surface area contributed by atoms with E-state index < -0.39 is 0 Å². The molecule has 0 spiro atoms. The number of likely N-dealkylation sites (tertiary alicyclic amines) is 2. The van der Waals surface area contributed by atoms with E-state index in [-0.39, 0.29) is 17.9 Å². The quantitative estimate of drug-likeness (QED) is 0.260. The zero-order valence-corrected chi connectivity index (χ0v) is 25.1. The van der Waals surface area contributed by atoms with Crippen LogP contribution in [0.2, 0.25) is 0 Å². The molecule has 2 saturated heterocycles. The molecule has 3 unspecified atom stereocenters. The number of nitrogens with zero attached hydrogens (tertiary/aromatic N) is 2. The van der Waals surface area contributed by atoms with E-state index in [9.17, 15) is 4.79 Å². The van der Waals surface area contributed by atoms with Crippen LogP contribution in [0.25, 0.3) is 0 Å². The first-order valence-electron chi connectivity index (χ1n) is 14.4. The van der Waals surface area contributed by atoms with Crippen LogP contribution in [0.3, 0.4) is 0 Å². The Hall–Kier alpha value is -2.65. The lowest BCUT2D eigenvalue weighted by atomic mass is 9.77. The van der Waals surface area contributed by atoms with E-state index in [4.69, 9.17) is 0 Å². The van der Waals surface area contributed by atoms with E-state index in [1.165, 1.54) is 5.57 Å². The van der Waals surface area contributed by atoms with Crippen LogP contribution in [-0.4, -0.2) is 41.4 Å². The Morgan fingerprint density at radius 3 is 2.11 bits per heavy atom. The third-order valence-corrected chi connectivity index (χ3v) is 6.28. The van der Waals surface area contributed by atoms with Crippen molar-refractivity contribution in [2.75, 3.05) is 19.6 Å². The largest absolute Gasteiger partial charge is 0.309 e. The molecule has 2 heterocycles. The van der Waals surface area contributed by atoms with Crippen LogP contribution in [0.4, 0.5) is 0 Å². The second kappa shape index (κ2) is 23.7. The number of piperidine rings is 2. The Balaban J connectivity index is 0. The van der Waals surface area contributed by atoms with Gasteiger partial charge in [-0.05, 0) is 49.3 Å². The molecule has 2 aliphatic rings. The zero-order valence-electron chi connectivity index (χ0n) is 25.1. The average Bonchev–Trinajstić information content (AvgIpc) is 2.96. The molecule has 0 aromatic rings. The molecule has 0 radical (unpaired) electrons. The summed E-state index contributed by atoms with van der Waals surface area (Å²) in [5.74, 6) is 0.822. The molecule has 2 rings (SSSR count). The van der Waals surface area contributed by atoms with Crippen molar-refractivity contribution in [3.05, 3.63) is 98.3 Å². The minimum Gasteiger partial charge on any atom is -0.309 e. The molecule has 3 nitrogen and oxygen atoms in total. The Bertz CT molecular complexity index is 784. The van der Waals surface area contributed by atoms with Crippen molar-refractivity contribution < 1.29 is 4.79 Å². The Morgan fingerprint density at radius 1 is 0.919 bits per heavy atom. The van der Waals surface area contributed by atoms with Gasteiger partial charge in [-0.2, -0.15) is 0 Å². The molecule has 0 aliphatic carbocycles. The number of rotatable bonds is 11. The fraction of sp³-hybridized carbons (Fsp3) is 0.500. The summed E-state index contributed by atoms with van der Waals surface area (Å²) >= 11 is 0. The van der Waals surface area contributed by atoms with Gasteiger partial charge in [-0.1, -0.05) is 123 Å². The predicted molar refractivity (Wildman–Crippen MR) is 167 cm³/mol. The normalized spacial score (nSPS) is 22.0. The molecule has 3 heteroatoms. The molecule has 0 aromatic carbocycles. The van der Waals surface area contributed by atoms with Crippen LogP contribution in [0.15, 0.2) is 98.3 Å². The Morgan fingerprint density at radius 2 is 1.57 bits per heavy atom. The maximum absolute atomic E-state index is 13.3. The van der Waals surface area contributed by atoms with Crippen LogP contribution in [0, 0.1) is 11.8 Å². The summed E-state index contributed by atoms with van der Waals surface area (Å²) in [6, 6.07) is 0.247. The van der Waals surface area contributed by atoms with E-state index in [1.54, 1.807) is 18.2 Å². The van der Waals surface area contributed by atoms with Crippen molar-refractivity contribution in [1.82, 2.24) is 9.80 Å². The molecule has 0 bridgehead atoms. The van der Waals surface area contributed by atoms with Gasteiger partial charge in [-0.15, -0.1) is 0 Å². The van der Waals surface area contributed by atoms with E-state index in [0.29, 0.717) is 5.92 Å². The molecular formula is C34H56N2O. The van der Waals surface area contributed by atoms with Gasteiger partial charge in [0.25, 0.3) is 0 Å². The standard InChI is InChI=1S/C28H38N2O.3C2H6/c1-6-11-13-15-23(9-4)17-19-29-20-18-27-25(22-29)21-24(10-5)28(31)30(27)26(14-8-3)16-12-7-2;3*1-2/h6-9,11-16,24-25,27H,1-4,10,17-22H2,5H3;3*1-2H3/b13-11-,16-12-,23-15+,26-14+;;;. The second-order valence-electron chi connectivity index (χ2n) is 8.20. The van der Waals surface area contributed by atoms with E-state index in [2.05, 4.69) is 49.1 Å². The number of allylic oxidation sites excluding steroid dienone is 10. The minimum absolute atomic E-state index is 0.0826. The molecule has 1 amide bonds. The molecule has 37 heavy (non-hydrogen) atoms. The van der Waals surface area contributed by atoms with Gasteiger partial charge in [-0.3, -0.25) is 4.79 Å². The number of fused-ring (bicyclic) bond motifs is 1. The van der Waals surface area contributed by atoms with Crippen LogP contribution in [0.1, 0.15) is 74.1 Å². The maximum Gasteiger partial charge on any atom is 0.230 e. The summed E-state index contributed by atoms with van der Waals surface area (Å²) in [6.07, 6.45) is 22.9. The molecule has 0 N–H and O–H groups in total. The molecule has 2 fully saturated rings. The van der Waals surface area contributed by atoms with Crippen molar-refractivity contribution in [2.24, 2.45) is 11.8 Å². The van der Waals surface area contributed by atoms with Gasteiger partial charge in [0.1, 0.15) is 0 Å². The maximum atomic E-state index is 13.3. The zero-order chi connectivity index (χ0) is 28.6. The topological polar surface area (TPSA) is 23.6 Å². The predicted octanol–water partition coefficient (Wildman–Crippen LogP) is 9.07. The summed E-state index contributed by atoms with van der Waals surface area (Å²) in [6.45, 7) is 32.5. The highest BCUT2D eigenvalue weighted by atomic mass is 16.2. The Kier molecular flexibility index (Phi) is 23.4. The van der Waals surface area contributed by atoms with Crippen LogP contribution < -0.4 is 0 Å². The van der Waals surface area contributed by atoms with Crippen molar-refractivity contribution >= 4 is 5.91 Å². The molecule has 208 valence electrons. The minimum atomic E-state index is 0.0826. The summed E-state index contributed by atoms with van der Waals surface area (Å²) in [5.41, 5.74) is 2.16. The number of carbonyl (C=O) groups is 1. The molecule has 3 atom stereocenters. The first kappa shape index (κ1) is 36.5. The highest BCUT2D eigenvalue weighted by molar-refractivity contribution is 5.82. The van der Waals surface area contributed by atoms with Gasteiger partial charge in [0.05, 0.1) is 0 Å². The summed E-state index contributed by atoms with van der Waals surface area (Å²) < 4.78 is 0. The van der Waals surface area contributed by atoms with Crippen LogP contribution >= 0.6 is 0 Å². The number of hydrogen-bond acceptors (Lipinski definition) is 2. The van der Waals surface area contributed by atoms with Crippen molar-refractivity contribution in [3.8, 4) is 0 Å². The third kappa shape index (κ3) is 12.4. The molecule has 2 aliphatic heterocycles. The number of amides is 1.